The molecule has 114 valence electrons. The van der Waals surface area contributed by atoms with E-state index in [1.54, 1.807) is 12.1 Å². The van der Waals surface area contributed by atoms with Crippen LogP contribution in [-0.2, 0) is 10.7 Å². The Kier molecular flexibility index (Phi) is 7.47. The molecule has 0 bridgehead atoms. The fourth-order valence-electron chi connectivity index (χ4n) is 1.84. The molecule has 3 nitrogen and oxygen atoms in total. The highest BCUT2D eigenvalue weighted by Crippen LogP contribution is 2.30. The van der Waals surface area contributed by atoms with Gasteiger partial charge >= 0.3 is 0 Å². The van der Waals surface area contributed by atoms with Gasteiger partial charge in [-0.15, -0.1) is 0 Å². The van der Waals surface area contributed by atoms with E-state index in [4.69, 9.17) is 15.2 Å². The zero-order valence-corrected chi connectivity index (χ0v) is 11.9. The lowest BCUT2D eigenvalue weighted by Crippen LogP contribution is -2.21. The fraction of sp³-hybridized carbons (Fsp3) is 0.600. The van der Waals surface area contributed by atoms with E-state index in [-0.39, 0.29) is 5.56 Å². The standard InChI is InChI=1S/C15H23F2NO2/c1-19-14-8-6-7-13(11-14)15(16,17)12-20-10-5-3-2-4-9-18/h6-8,11H,2-5,9-10,12,18H2,1H3. The van der Waals surface area contributed by atoms with Crippen LogP contribution < -0.4 is 10.5 Å². The number of rotatable bonds is 10. The summed E-state index contributed by atoms with van der Waals surface area (Å²) in [5.74, 6) is -2.57. The first-order valence-corrected chi connectivity index (χ1v) is 6.90. The van der Waals surface area contributed by atoms with E-state index in [9.17, 15) is 8.78 Å². The Morgan fingerprint density at radius 3 is 2.60 bits per heavy atom. The largest absolute Gasteiger partial charge is 0.497 e. The van der Waals surface area contributed by atoms with Gasteiger partial charge in [-0.25, -0.2) is 0 Å². The van der Waals surface area contributed by atoms with Crippen LogP contribution in [0.2, 0.25) is 0 Å². The third-order valence-electron chi connectivity index (χ3n) is 3.02. The molecule has 1 aromatic carbocycles. The van der Waals surface area contributed by atoms with Gasteiger partial charge in [0.25, 0.3) is 5.92 Å². The van der Waals surface area contributed by atoms with Crippen LogP contribution in [0.5, 0.6) is 5.75 Å². The third-order valence-corrected chi connectivity index (χ3v) is 3.02. The first kappa shape index (κ1) is 16.9. The van der Waals surface area contributed by atoms with Crippen molar-refractivity contribution < 1.29 is 18.3 Å². The average molecular weight is 287 g/mol. The Balaban J connectivity index is 2.33. The number of halogens is 2. The van der Waals surface area contributed by atoms with Crippen LogP contribution in [-0.4, -0.2) is 26.9 Å². The summed E-state index contributed by atoms with van der Waals surface area (Å²) in [6.45, 7) is 0.427. The summed E-state index contributed by atoms with van der Waals surface area (Å²) in [7, 11) is 1.45. The van der Waals surface area contributed by atoms with Crippen LogP contribution in [0.15, 0.2) is 24.3 Å². The maximum Gasteiger partial charge on any atom is 0.296 e. The highest BCUT2D eigenvalue weighted by atomic mass is 19.3. The minimum absolute atomic E-state index is 0.0834. The minimum atomic E-state index is -2.99. The molecule has 0 aliphatic carbocycles. The Labute approximate surface area is 119 Å². The van der Waals surface area contributed by atoms with Gasteiger partial charge in [-0.1, -0.05) is 25.0 Å². The molecule has 0 aliphatic heterocycles. The maximum atomic E-state index is 13.9. The van der Waals surface area contributed by atoms with Gasteiger partial charge in [0.2, 0.25) is 0 Å². The van der Waals surface area contributed by atoms with Crippen LogP contribution >= 0.6 is 0 Å². The Morgan fingerprint density at radius 2 is 1.90 bits per heavy atom. The normalized spacial score (nSPS) is 11.6. The van der Waals surface area contributed by atoms with E-state index in [0.29, 0.717) is 18.9 Å². The van der Waals surface area contributed by atoms with E-state index < -0.39 is 12.5 Å². The lowest BCUT2D eigenvalue weighted by molar-refractivity contribution is -0.0832. The van der Waals surface area contributed by atoms with Gasteiger partial charge in [0, 0.05) is 12.2 Å². The van der Waals surface area contributed by atoms with Crippen molar-refractivity contribution in [1.29, 1.82) is 0 Å². The van der Waals surface area contributed by atoms with Crippen molar-refractivity contribution in [3.05, 3.63) is 29.8 Å². The van der Waals surface area contributed by atoms with Crippen molar-refractivity contribution in [3.63, 3.8) is 0 Å². The number of unbranched alkanes of at least 4 members (excludes halogenated alkanes) is 3. The second-order valence-corrected chi connectivity index (χ2v) is 4.69. The van der Waals surface area contributed by atoms with Crippen LogP contribution in [0.3, 0.4) is 0 Å². The number of nitrogens with two attached hydrogens (primary N) is 1. The zero-order valence-electron chi connectivity index (χ0n) is 11.9. The third kappa shape index (κ3) is 5.84. The predicted molar refractivity (Wildman–Crippen MR) is 75.2 cm³/mol. The lowest BCUT2D eigenvalue weighted by Gasteiger charge is -2.17. The Morgan fingerprint density at radius 1 is 1.15 bits per heavy atom. The van der Waals surface area contributed by atoms with Gasteiger partial charge in [-0.2, -0.15) is 8.78 Å². The topological polar surface area (TPSA) is 44.5 Å². The number of methoxy groups -OCH3 is 1. The monoisotopic (exact) mass is 287 g/mol. The van der Waals surface area contributed by atoms with Crippen molar-refractivity contribution >= 4 is 0 Å². The number of hydrogen-bond donors (Lipinski definition) is 1. The molecule has 0 aromatic heterocycles. The molecule has 0 aliphatic rings. The second-order valence-electron chi connectivity index (χ2n) is 4.69. The van der Waals surface area contributed by atoms with Crippen molar-refractivity contribution in [2.75, 3.05) is 26.9 Å². The second kappa shape index (κ2) is 8.87. The molecule has 0 radical (unpaired) electrons. The molecule has 0 heterocycles. The van der Waals surface area contributed by atoms with Gasteiger partial charge in [-0.05, 0) is 31.5 Å². The molecule has 5 heteroatoms. The van der Waals surface area contributed by atoms with Gasteiger partial charge in [0.15, 0.2) is 0 Å². The maximum absolute atomic E-state index is 13.9. The predicted octanol–water partition coefficient (Wildman–Crippen LogP) is 3.32. The van der Waals surface area contributed by atoms with E-state index in [2.05, 4.69) is 0 Å². The molecular weight excluding hydrogens is 264 g/mol. The summed E-state index contributed by atoms with van der Waals surface area (Å²) in [6, 6.07) is 5.91. The molecule has 0 saturated carbocycles. The van der Waals surface area contributed by atoms with Crippen molar-refractivity contribution in [3.8, 4) is 5.75 Å². The van der Waals surface area contributed by atoms with E-state index in [1.165, 1.54) is 19.2 Å². The first-order chi connectivity index (χ1) is 9.60. The van der Waals surface area contributed by atoms with Gasteiger partial charge < -0.3 is 15.2 Å². The van der Waals surface area contributed by atoms with Gasteiger partial charge in [0.1, 0.15) is 12.4 Å². The summed E-state index contributed by atoms with van der Waals surface area (Å²) in [5.41, 5.74) is 5.29. The number of alkyl halides is 2. The van der Waals surface area contributed by atoms with Crippen LogP contribution in [0, 0.1) is 0 Å². The highest BCUT2D eigenvalue weighted by Gasteiger charge is 2.32. The molecule has 0 spiro atoms. The van der Waals surface area contributed by atoms with E-state index in [0.717, 1.165) is 25.7 Å². The number of hydrogen-bond acceptors (Lipinski definition) is 3. The van der Waals surface area contributed by atoms with Crippen LogP contribution in [0.1, 0.15) is 31.2 Å². The minimum Gasteiger partial charge on any atom is -0.497 e. The van der Waals surface area contributed by atoms with Gasteiger partial charge in [0.05, 0.1) is 7.11 Å². The summed E-state index contributed by atoms with van der Waals surface area (Å²) in [5, 5.41) is 0. The SMILES string of the molecule is COc1cccc(C(F)(F)COCCCCCCN)c1. The molecule has 2 N–H and O–H groups in total. The van der Waals surface area contributed by atoms with Crippen molar-refractivity contribution in [2.45, 2.75) is 31.6 Å². The van der Waals surface area contributed by atoms with Crippen molar-refractivity contribution in [1.82, 2.24) is 0 Å². The Hall–Kier alpha value is -1.20. The summed E-state index contributed by atoms with van der Waals surface area (Å²) < 4.78 is 37.8. The molecule has 1 rings (SSSR count). The molecule has 0 unspecified atom stereocenters. The molecule has 0 amide bonds. The first-order valence-electron chi connectivity index (χ1n) is 6.90. The summed E-state index contributed by atoms with van der Waals surface area (Å²) in [6.07, 6.45) is 3.74. The smallest absolute Gasteiger partial charge is 0.296 e. The van der Waals surface area contributed by atoms with E-state index >= 15 is 0 Å². The number of benzene rings is 1. The Bertz CT molecular complexity index is 386. The van der Waals surface area contributed by atoms with Crippen LogP contribution in [0.25, 0.3) is 0 Å². The fourth-order valence-corrected chi connectivity index (χ4v) is 1.84. The summed E-state index contributed by atoms with van der Waals surface area (Å²) >= 11 is 0. The molecule has 0 saturated heterocycles. The van der Waals surface area contributed by atoms with Crippen molar-refractivity contribution in [2.24, 2.45) is 5.73 Å². The average Bonchev–Trinajstić information content (AvgIpc) is 2.46. The molecule has 0 fully saturated rings. The highest BCUT2D eigenvalue weighted by molar-refractivity contribution is 5.31. The lowest BCUT2D eigenvalue weighted by atomic mass is 10.1. The molecule has 1 aromatic rings. The van der Waals surface area contributed by atoms with Crippen LogP contribution in [0.4, 0.5) is 8.78 Å². The molecule has 20 heavy (non-hydrogen) atoms. The quantitative estimate of drug-likeness (QED) is 0.671. The molecular formula is C15H23F2NO2. The van der Waals surface area contributed by atoms with Gasteiger partial charge in [-0.3, -0.25) is 0 Å². The molecule has 0 atom stereocenters. The zero-order chi connectivity index (χ0) is 14.8. The summed E-state index contributed by atoms with van der Waals surface area (Å²) in [4.78, 5) is 0. The van der Waals surface area contributed by atoms with E-state index in [1.807, 2.05) is 0 Å². The number of ether oxygens (including phenoxy) is 2.